The van der Waals surface area contributed by atoms with Crippen molar-refractivity contribution in [2.75, 3.05) is 6.61 Å². The summed E-state index contributed by atoms with van der Waals surface area (Å²) in [6, 6.07) is 6.74. The van der Waals surface area contributed by atoms with Gasteiger partial charge in [0.05, 0.1) is 0 Å². The van der Waals surface area contributed by atoms with E-state index in [4.69, 9.17) is 9.15 Å². The number of ether oxygens (including phenoxy) is 1. The highest BCUT2D eigenvalue weighted by atomic mass is 16.5. The van der Waals surface area contributed by atoms with Crippen LogP contribution < -0.4 is 15.7 Å². The average molecular weight is 303 g/mol. The summed E-state index contributed by atoms with van der Waals surface area (Å²) < 4.78 is 10.6. The molecule has 0 aliphatic carbocycles. The molecular formula is C17H21NO4. The topological polar surface area (TPSA) is 68.5 Å². The van der Waals surface area contributed by atoms with Crippen molar-refractivity contribution in [1.82, 2.24) is 5.32 Å². The van der Waals surface area contributed by atoms with Crippen LogP contribution in [0.3, 0.4) is 0 Å². The van der Waals surface area contributed by atoms with E-state index >= 15 is 0 Å². The molecular weight excluding hydrogens is 282 g/mol. The highest BCUT2D eigenvalue weighted by molar-refractivity contribution is 5.81. The Balaban J connectivity index is 2.06. The van der Waals surface area contributed by atoms with Gasteiger partial charge in [0.2, 0.25) is 0 Å². The molecule has 0 saturated carbocycles. The van der Waals surface area contributed by atoms with Crippen molar-refractivity contribution in [2.24, 2.45) is 5.92 Å². The van der Waals surface area contributed by atoms with Gasteiger partial charge in [-0.1, -0.05) is 13.8 Å². The Morgan fingerprint density at radius 1 is 1.27 bits per heavy atom. The maximum atomic E-state index is 11.8. The molecule has 1 amide bonds. The summed E-state index contributed by atoms with van der Waals surface area (Å²) in [4.78, 5) is 23.2. The zero-order valence-corrected chi connectivity index (χ0v) is 13.3. The van der Waals surface area contributed by atoms with Gasteiger partial charge < -0.3 is 14.5 Å². The molecule has 1 aromatic heterocycles. The number of nitrogens with one attached hydrogen (secondary N) is 1. The van der Waals surface area contributed by atoms with Crippen LogP contribution in [0.4, 0.5) is 0 Å². The fraction of sp³-hybridized carbons (Fsp3) is 0.412. The molecule has 0 bridgehead atoms. The second-order valence-electron chi connectivity index (χ2n) is 5.80. The van der Waals surface area contributed by atoms with Crippen LogP contribution in [0.2, 0.25) is 0 Å². The van der Waals surface area contributed by atoms with Gasteiger partial charge in [0.25, 0.3) is 5.91 Å². The molecule has 2 rings (SSSR count). The third-order valence-electron chi connectivity index (χ3n) is 3.68. The van der Waals surface area contributed by atoms with Gasteiger partial charge in [-0.2, -0.15) is 0 Å². The number of fused-ring (bicyclic) bond motifs is 1. The first-order valence-corrected chi connectivity index (χ1v) is 7.33. The molecule has 118 valence electrons. The monoisotopic (exact) mass is 303 g/mol. The van der Waals surface area contributed by atoms with E-state index in [0.717, 1.165) is 10.9 Å². The highest BCUT2D eigenvalue weighted by Gasteiger charge is 2.11. The molecule has 0 spiro atoms. The summed E-state index contributed by atoms with van der Waals surface area (Å²) in [6.45, 7) is 7.81. The normalized spacial score (nSPS) is 12.4. The molecule has 22 heavy (non-hydrogen) atoms. The lowest BCUT2D eigenvalue weighted by Gasteiger charge is -2.17. The zero-order chi connectivity index (χ0) is 16.3. The van der Waals surface area contributed by atoms with Crippen molar-refractivity contribution in [3.8, 4) is 5.75 Å². The van der Waals surface area contributed by atoms with Gasteiger partial charge in [-0.05, 0) is 37.5 Å². The summed E-state index contributed by atoms with van der Waals surface area (Å²) >= 11 is 0. The first kappa shape index (κ1) is 16.1. The van der Waals surface area contributed by atoms with Crippen molar-refractivity contribution in [3.05, 3.63) is 40.2 Å². The Morgan fingerprint density at radius 2 is 2.00 bits per heavy atom. The van der Waals surface area contributed by atoms with Crippen molar-refractivity contribution in [1.29, 1.82) is 0 Å². The molecule has 0 saturated heterocycles. The number of amides is 1. The number of hydrogen-bond donors (Lipinski definition) is 1. The Hall–Kier alpha value is -2.30. The predicted octanol–water partition coefficient (Wildman–Crippen LogP) is 2.64. The quantitative estimate of drug-likeness (QED) is 0.862. The third-order valence-corrected chi connectivity index (χ3v) is 3.68. The summed E-state index contributed by atoms with van der Waals surface area (Å²) in [6.07, 6.45) is 0. The lowest BCUT2D eigenvalue weighted by Crippen LogP contribution is -2.38. The van der Waals surface area contributed by atoms with Crippen LogP contribution in [-0.4, -0.2) is 18.6 Å². The highest BCUT2D eigenvalue weighted by Crippen LogP contribution is 2.22. The Labute approximate surface area is 129 Å². The molecule has 1 aromatic carbocycles. The standard InChI is InChI=1S/C17H21NO4/c1-10(2)12(4)18-16(19)9-21-13-5-6-14-11(3)7-17(20)22-15(14)8-13/h5-8,10,12H,9H2,1-4H3,(H,18,19)/t12-/m0/s1. The molecule has 1 heterocycles. The minimum Gasteiger partial charge on any atom is -0.484 e. The van der Waals surface area contributed by atoms with Gasteiger partial charge in [-0.15, -0.1) is 0 Å². The Bertz CT molecular complexity index is 733. The van der Waals surface area contributed by atoms with E-state index in [1.165, 1.54) is 6.07 Å². The van der Waals surface area contributed by atoms with E-state index in [9.17, 15) is 9.59 Å². The molecule has 0 fully saturated rings. The molecule has 0 aliphatic heterocycles. The largest absolute Gasteiger partial charge is 0.484 e. The molecule has 1 N–H and O–H groups in total. The van der Waals surface area contributed by atoms with E-state index in [2.05, 4.69) is 5.32 Å². The summed E-state index contributed by atoms with van der Waals surface area (Å²) in [5, 5.41) is 3.72. The van der Waals surface area contributed by atoms with Crippen LogP contribution in [0, 0.1) is 12.8 Å². The van der Waals surface area contributed by atoms with Crippen molar-refractivity contribution in [2.45, 2.75) is 33.7 Å². The van der Waals surface area contributed by atoms with E-state index in [-0.39, 0.29) is 18.6 Å². The number of hydrogen-bond acceptors (Lipinski definition) is 4. The lowest BCUT2D eigenvalue weighted by molar-refractivity contribution is -0.124. The van der Waals surface area contributed by atoms with Crippen molar-refractivity contribution < 1.29 is 13.9 Å². The van der Waals surface area contributed by atoms with E-state index in [0.29, 0.717) is 17.3 Å². The van der Waals surface area contributed by atoms with Gasteiger partial charge in [-0.25, -0.2) is 4.79 Å². The number of carbonyl (C=O) groups excluding carboxylic acids is 1. The fourth-order valence-corrected chi connectivity index (χ4v) is 2.01. The minimum absolute atomic E-state index is 0.0708. The third kappa shape index (κ3) is 3.87. The fourth-order valence-electron chi connectivity index (χ4n) is 2.01. The van der Waals surface area contributed by atoms with Gasteiger partial charge in [0.1, 0.15) is 11.3 Å². The maximum absolute atomic E-state index is 11.8. The first-order chi connectivity index (χ1) is 10.4. The van der Waals surface area contributed by atoms with Crippen LogP contribution in [0.5, 0.6) is 5.75 Å². The molecule has 0 aliphatic rings. The molecule has 1 atom stereocenters. The summed E-state index contributed by atoms with van der Waals surface area (Å²) in [5.74, 6) is 0.683. The van der Waals surface area contributed by atoms with Gasteiger partial charge in [0.15, 0.2) is 6.61 Å². The molecule has 2 aromatic rings. The van der Waals surface area contributed by atoms with Gasteiger partial charge >= 0.3 is 5.63 Å². The second-order valence-corrected chi connectivity index (χ2v) is 5.80. The Morgan fingerprint density at radius 3 is 2.68 bits per heavy atom. The van der Waals surface area contributed by atoms with Crippen LogP contribution in [-0.2, 0) is 4.79 Å². The molecule has 5 heteroatoms. The smallest absolute Gasteiger partial charge is 0.336 e. The minimum atomic E-state index is -0.398. The number of rotatable bonds is 5. The van der Waals surface area contributed by atoms with E-state index < -0.39 is 5.63 Å². The molecule has 0 radical (unpaired) electrons. The molecule has 0 unspecified atom stereocenters. The van der Waals surface area contributed by atoms with Crippen LogP contribution >= 0.6 is 0 Å². The summed E-state index contributed by atoms with van der Waals surface area (Å²) in [7, 11) is 0. The van der Waals surface area contributed by atoms with Crippen molar-refractivity contribution >= 4 is 16.9 Å². The number of carbonyl (C=O) groups is 1. The SMILES string of the molecule is Cc1cc(=O)oc2cc(OCC(=O)N[C@@H](C)C(C)C)ccc12. The maximum Gasteiger partial charge on any atom is 0.336 e. The van der Waals surface area contributed by atoms with Crippen LogP contribution in [0.15, 0.2) is 33.5 Å². The van der Waals surface area contributed by atoms with Gasteiger partial charge in [-0.3, -0.25) is 4.79 Å². The number of aryl methyl sites for hydroxylation is 1. The van der Waals surface area contributed by atoms with Crippen LogP contribution in [0.25, 0.3) is 11.0 Å². The first-order valence-electron chi connectivity index (χ1n) is 7.33. The number of benzene rings is 1. The van der Waals surface area contributed by atoms with E-state index in [1.807, 2.05) is 33.8 Å². The summed E-state index contributed by atoms with van der Waals surface area (Å²) in [5.41, 5.74) is 0.908. The van der Waals surface area contributed by atoms with E-state index in [1.54, 1.807) is 12.1 Å². The van der Waals surface area contributed by atoms with Crippen molar-refractivity contribution in [3.63, 3.8) is 0 Å². The van der Waals surface area contributed by atoms with Gasteiger partial charge in [0, 0.05) is 23.6 Å². The van der Waals surface area contributed by atoms with Crippen LogP contribution in [0.1, 0.15) is 26.3 Å². The average Bonchev–Trinajstić information content (AvgIpc) is 2.44. The lowest BCUT2D eigenvalue weighted by atomic mass is 10.1. The second kappa shape index (κ2) is 6.64. The zero-order valence-electron chi connectivity index (χ0n) is 13.3. The predicted molar refractivity (Wildman–Crippen MR) is 85.2 cm³/mol. The Kier molecular flexibility index (Phi) is 4.85. The molecule has 5 nitrogen and oxygen atoms in total.